The van der Waals surface area contributed by atoms with Gasteiger partial charge in [-0.2, -0.15) is 0 Å². The van der Waals surface area contributed by atoms with Gasteiger partial charge in [0.1, 0.15) is 6.61 Å². The molecule has 1 aliphatic heterocycles. The molecule has 5 aliphatic rings. The zero-order valence-electron chi connectivity index (χ0n) is 24.5. The standard InChI is InChI=1S/C34H39NO7S/c1-32-8-7-22(38)12-21(32)5-6-23-24-13-29-34(28(40)16-37,33(24,2)14-26(39)30(23)32)42-31(41-29)27-11-19(17-43-27)9-18-3-4-20(15-36)25(35)10-18/h3-4,7-8,10-12,17,23-24,26,29-31,36-37,39H,5-6,9,13-16,35H2,1-2H3/t23-,24-,26-,29+,30+,31+,32-,33-,34+/m0/s1. The van der Waals surface area contributed by atoms with Crippen LogP contribution in [0.4, 0.5) is 5.69 Å². The average molecular weight is 606 g/mol. The first-order chi connectivity index (χ1) is 20.5. The summed E-state index contributed by atoms with van der Waals surface area (Å²) < 4.78 is 13.3. The molecular formula is C34H39NO7S. The van der Waals surface area contributed by atoms with Crippen LogP contribution in [0.3, 0.4) is 0 Å². The zero-order chi connectivity index (χ0) is 30.3. The minimum absolute atomic E-state index is 0.00253. The Morgan fingerprint density at radius 1 is 1.19 bits per heavy atom. The van der Waals surface area contributed by atoms with Gasteiger partial charge in [0.2, 0.25) is 0 Å². The second kappa shape index (κ2) is 10.2. The molecule has 0 bridgehead atoms. The van der Waals surface area contributed by atoms with Crippen LogP contribution in [0, 0.1) is 28.6 Å². The van der Waals surface area contributed by atoms with Crippen molar-refractivity contribution in [3.05, 3.63) is 75.0 Å². The fourth-order valence-corrected chi connectivity index (χ4v) is 10.4. The summed E-state index contributed by atoms with van der Waals surface area (Å²) in [5, 5.41) is 33.5. The van der Waals surface area contributed by atoms with Gasteiger partial charge in [0.05, 0.1) is 23.7 Å². The van der Waals surface area contributed by atoms with Gasteiger partial charge in [0.15, 0.2) is 23.5 Å². The number of carbonyl (C=O) groups excluding carboxylic acids is 2. The van der Waals surface area contributed by atoms with Crippen LogP contribution in [0.15, 0.2) is 53.4 Å². The SMILES string of the molecule is C[C@]12C=CC(=O)C=C1CC[C@@H]1[C@@H]2[C@@H](O)C[C@@]2(C)[C@H]1C[C@H]1O[C@@H](c3cc(Cc4ccc(CO)c(N)c4)cs3)O[C@]12C(=O)CO. The maximum atomic E-state index is 13.8. The number of Topliss-reactive ketones (excluding diaryl/α,β-unsaturated/α-hetero) is 1. The van der Waals surface area contributed by atoms with Crippen LogP contribution >= 0.6 is 11.3 Å². The number of thiophene rings is 1. The Hall–Kier alpha value is -2.66. The van der Waals surface area contributed by atoms with Crippen LogP contribution in [-0.4, -0.2) is 51.3 Å². The number of ether oxygens (including phenoxy) is 2. The summed E-state index contributed by atoms with van der Waals surface area (Å²) in [7, 11) is 0. The number of nitrogens with two attached hydrogens (primary N) is 1. The third kappa shape index (κ3) is 4.12. The summed E-state index contributed by atoms with van der Waals surface area (Å²) in [5.41, 5.74) is 7.98. The van der Waals surface area contributed by atoms with E-state index < -0.39 is 47.3 Å². The lowest BCUT2D eigenvalue weighted by atomic mass is 9.46. The van der Waals surface area contributed by atoms with Crippen LogP contribution in [0.5, 0.6) is 0 Å². The van der Waals surface area contributed by atoms with E-state index in [0.29, 0.717) is 30.5 Å². The molecule has 2 aromatic rings. The summed E-state index contributed by atoms with van der Waals surface area (Å²) in [4.78, 5) is 26.8. The van der Waals surface area contributed by atoms with Gasteiger partial charge in [-0.15, -0.1) is 11.3 Å². The van der Waals surface area contributed by atoms with Crippen molar-refractivity contribution in [2.24, 2.45) is 28.6 Å². The molecule has 8 nitrogen and oxygen atoms in total. The molecule has 1 aromatic carbocycles. The molecule has 43 heavy (non-hydrogen) atoms. The first kappa shape index (κ1) is 29.1. The molecule has 3 saturated carbocycles. The lowest BCUT2D eigenvalue weighted by molar-refractivity contribution is -0.200. The van der Waals surface area contributed by atoms with E-state index >= 15 is 0 Å². The van der Waals surface area contributed by atoms with Crippen LogP contribution in [-0.2, 0) is 32.1 Å². The van der Waals surface area contributed by atoms with Crippen LogP contribution in [0.1, 0.15) is 67.4 Å². The van der Waals surface area contributed by atoms with Gasteiger partial charge in [-0.25, -0.2) is 0 Å². The Morgan fingerprint density at radius 2 is 2.00 bits per heavy atom. The highest BCUT2D eigenvalue weighted by atomic mass is 32.1. The van der Waals surface area contributed by atoms with Crippen molar-refractivity contribution in [1.82, 2.24) is 0 Å². The normalized spacial score (nSPS) is 39.6. The van der Waals surface area contributed by atoms with E-state index in [-0.39, 0.29) is 30.1 Å². The van der Waals surface area contributed by atoms with Crippen LogP contribution in [0.2, 0.25) is 0 Å². The molecule has 9 heteroatoms. The number of aliphatic hydroxyl groups is 3. The largest absolute Gasteiger partial charge is 0.398 e. The third-order valence-electron chi connectivity index (χ3n) is 11.5. The number of allylic oxidation sites excluding steroid dienone is 4. The molecule has 0 unspecified atom stereocenters. The van der Waals surface area contributed by atoms with Gasteiger partial charge in [-0.05, 0) is 84.7 Å². The summed E-state index contributed by atoms with van der Waals surface area (Å²) >= 11 is 1.51. The predicted molar refractivity (Wildman–Crippen MR) is 161 cm³/mol. The molecule has 1 aromatic heterocycles. The van der Waals surface area contributed by atoms with E-state index in [1.807, 2.05) is 42.6 Å². The Balaban J connectivity index is 1.17. The van der Waals surface area contributed by atoms with Crippen molar-refractivity contribution in [2.75, 3.05) is 12.3 Å². The topological polar surface area (TPSA) is 139 Å². The lowest BCUT2D eigenvalue weighted by Gasteiger charge is -2.59. The highest BCUT2D eigenvalue weighted by Gasteiger charge is 2.76. The number of carbonyl (C=O) groups is 2. The zero-order valence-corrected chi connectivity index (χ0v) is 25.3. The Bertz CT molecular complexity index is 1550. The van der Waals surface area contributed by atoms with Gasteiger partial charge in [0.25, 0.3) is 0 Å². The minimum atomic E-state index is -1.36. The molecule has 2 heterocycles. The van der Waals surface area contributed by atoms with Crippen LogP contribution in [0.25, 0.3) is 0 Å². The Morgan fingerprint density at radius 3 is 2.74 bits per heavy atom. The van der Waals surface area contributed by atoms with Crippen molar-refractivity contribution in [3.8, 4) is 0 Å². The number of benzene rings is 1. The number of rotatable bonds is 6. The summed E-state index contributed by atoms with van der Waals surface area (Å²) in [6.45, 7) is 3.41. The number of fused-ring (bicyclic) bond motifs is 7. The van der Waals surface area contributed by atoms with E-state index in [1.54, 1.807) is 12.2 Å². The summed E-state index contributed by atoms with van der Waals surface area (Å²) in [5.74, 6) is -0.301. The highest BCUT2D eigenvalue weighted by Crippen LogP contribution is 2.70. The Labute approximate surface area is 255 Å². The molecule has 1 saturated heterocycles. The van der Waals surface area contributed by atoms with Gasteiger partial charge in [0, 0.05) is 28.0 Å². The molecule has 7 rings (SSSR count). The van der Waals surface area contributed by atoms with Gasteiger partial charge >= 0.3 is 0 Å². The first-order valence-corrected chi connectivity index (χ1v) is 16.1. The number of nitrogen functional groups attached to an aromatic ring is 1. The molecular weight excluding hydrogens is 566 g/mol. The lowest BCUT2D eigenvalue weighted by Crippen LogP contribution is -2.63. The number of hydrogen-bond acceptors (Lipinski definition) is 9. The summed E-state index contributed by atoms with van der Waals surface area (Å²) in [6.07, 6.45) is 6.54. The predicted octanol–water partition coefficient (Wildman–Crippen LogP) is 4.02. The van der Waals surface area contributed by atoms with E-state index in [4.69, 9.17) is 15.2 Å². The second-order valence-corrected chi connectivity index (χ2v) is 14.5. The van der Waals surface area contributed by atoms with Crippen molar-refractivity contribution in [2.45, 2.75) is 76.7 Å². The second-order valence-electron chi connectivity index (χ2n) is 13.6. The molecule has 5 N–H and O–H groups in total. The molecule has 228 valence electrons. The third-order valence-corrected chi connectivity index (χ3v) is 12.5. The molecule has 4 fully saturated rings. The van der Waals surface area contributed by atoms with Crippen molar-refractivity contribution in [1.29, 1.82) is 0 Å². The van der Waals surface area contributed by atoms with E-state index in [1.165, 1.54) is 11.3 Å². The molecule has 9 atom stereocenters. The number of hydrogen-bond donors (Lipinski definition) is 4. The van der Waals surface area contributed by atoms with E-state index in [9.17, 15) is 24.9 Å². The maximum absolute atomic E-state index is 13.8. The van der Waals surface area contributed by atoms with Crippen molar-refractivity contribution in [3.63, 3.8) is 0 Å². The molecule has 0 amide bonds. The molecule has 0 radical (unpaired) electrons. The van der Waals surface area contributed by atoms with Gasteiger partial charge in [-0.1, -0.05) is 37.6 Å². The maximum Gasteiger partial charge on any atom is 0.194 e. The molecule has 0 spiro atoms. The Kier molecular flexibility index (Phi) is 6.89. The van der Waals surface area contributed by atoms with Gasteiger partial charge < -0.3 is 30.5 Å². The van der Waals surface area contributed by atoms with Crippen molar-refractivity contribution < 1.29 is 34.4 Å². The minimum Gasteiger partial charge on any atom is -0.398 e. The smallest absolute Gasteiger partial charge is 0.194 e. The quantitative estimate of drug-likeness (QED) is 0.362. The van der Waals surface area contributed by atoms with Crippen LogP contribution < -0.4 is 5.73 Å². The average Bonchev–Trinajstić information content (AvgIpc) is 3.65. The number of anilines is 1. The number of aliphatic hydroxyl groups excluding tert-OH is 3. The summed E-state index contributed by atoms with van der Waals surface area (Å²) in [6, 6.07) is 7.69. The first-order valence-electron chi connectivity index (χ1n) is 15.2. The fraction of sp³-hybridized carbons (Fsp3) is 0.529. The van der Waals surface area contributed by atoms with Gasteiger partial charge in [-0.3, -0.25) is 9.59 Å². The fourth-order valence-electron chi connectivity index (χ4n) is 9.56. The van der Waals surface area contributed by atoms with Crippen molar-refractivity contribution >= 4 is 28.6 Å². The highest BCUT2D eigenvalue weighted by molar-refractivity contribution is 7.10. The van der Waals surface area contributed by atoms with E-state index in [0.717, 1.165) is 34.4 Å². The number of ketones is 2. The monoisotopic (exact) mass is 605 g/mol. The van der Waals surface area contributed by atoms with E-state index in [2.05, 4.69) is 6.92 Å². The molecule has 4 aliphatic carbocycles.